The lowest BCUT2D eigenvalue weighted by atomic mass is 10.1. The first kappa shape index (κ1) is 23.3. The van der Waals surface area contributed by atoms with Crippen molar-refractivity contribution in [3.8, 4) is 16.9 Å². The van der Waals surface area contributed by atoms with E-state index in [9.17, 15) is 4.79 Å². The predicted molar refractivity (Wildman–Crippen MR) is 135 cm³/mol. The van der Waals surface area contributed by atoms with Crippen LogP contribution in [0.2, 0.25) is 5.02 Å². The minimum Gasteiger partial charge on any atom is -0.410 e. The van der Waals surface area contributed by atoms with Crippen LogP contribution in [0, 0.1) is 0 Å². The Kier molecular flexibility index (Phi) is 8.03. The molecule has 4 nitrogen and oxygen atoms in total. The summed E-state index contributed by atoms with van der Waals surface area (Å²) in [5, 5.41) is 0.710. The molecule has 1 aliphatic heterocycles. The van der Waals surface area contributed by atoms with Gasteiger partial charge in [0.25, 0.3) is 0 Å². The molecule has 5 heteroatoms. The summed E-state index contributed by atoms with van der Waals surface area (Å²) in [6.07, 6.45) is 3.12. The minimum absolute atomic E-state index is 0.317. The molecule has 172 valence electrons. The maximum absolute atomic E-state index is 12.7. The number of likely N-dealkylation sites (tertiary alicyclic amines) is 1. The van der Waals surface area contributed by atoms with Gasteiger partial charge in [0.05, 0.1) is 0 Å². The van der Waals surface area contributed by atoms with Gasteiger partial charge in [-0.2, -0.15) is 0 Å². The molecule has 0 saturated carbocycles. The van der Waals surface area contributed by atoms with E-state index in [1.807, 2.05) is 55.5 Å². The summed E-state index contributed by atoms with van der Waals surface area (Å²) in [5.41, 5.74) is 4.71. The number of rotatable bonds is 8. The summed E-state index contributed by atoms with van der Waals surface area (Å²) >= 11 is 5.96. The summed E-state index contributed by atoms with van der Waals surface area (Å²) in [6.45, 7) is 6.66. The Bertz CT molecular complexity index is 1030. The highest BCUT2D eigenvalue weighted by atomic mass is 35.5. The van der Waals surface area contributed by atoms with Crippen LogP contribution in [-0.4, -0.2) is 42.1 Å². The Hall–Kier alpha value is -2.82. The molecule has 0 N–H and O–H groups in total. The number of nitrogens with zero attached hydrogens (tertiary/aromatic N) is 2. The Labute approximate surface area is 201 Å². The molecular weight excluding hydrogens is 432 g/mol. The average molecular weight is 463 g/mol. The first-order valence-electron chi connectivity index (χ1n) is 11.7. The van der Waals surface area contributed by atoms with Crippen LogP contribution in [0.3, 0.4) is 0 Å². The van der Waals surface area contributed by atoms with Gasteiger partial charge in [-0.05, 0) is 85.8 Å². The molecule has 0 aliphatic carbocycles. The van der Waals surface area contributed by atoms with Crippen molar-refractivity contribution in [2.45, 2.75) is 32.7 Å². The minimum atomic E-state index is -0.317. The van der Waals surface area contributed by atoms with Gasteiger partial charge in [-0.1, -0.05) is 60.1 Å². The van der Waals surface area contributed by atoms with Crippen molar-refractivity contribution < 1.29 is 9.53 Å². The zero-order valence-corrected chi connectivity index (χ0v) is 19.9. The van der Waals surface area contributed by atoms with Crippen molar-refractivity contribution in [3.63, 3.8) is 0 Å². The van der Waals surface area contributed by atoms with Gasteiger partial charge in [-0.3, -0.25) is 4.90 Å². The van der Waals surface area contributed by atoms with Crippen LogP contribution in [-0.2, 0) is 13.0 Å². The Balaban J connectivity index is 1.28. The van der Waals surface area contributed by atoms with E-state index in [1.54, 1.807) is 4.90 Å². The van der Waals surface area contributed by atoms with E-state index in [0.717, 1.165) is 24.1 Å². The van der Waals surface area contributed by atoms with E-state index in [0.29, 0.717) is 23.9 Å². The lowest BCUT2D eigenvalue weighted by Crippen LogP contribution is -2.35. The lowest BCUT2D eigenvalue weighted by Gasteiger charge is -2.20. The Morgan fingerprint density at radius 2 is 1.45 bits per heavy atom. The number of hydrogen-bond donors (Lipinski definition) is 0. The first-order chi connectivity index (χ1) is 16.1. The lowest BCUT2D eigenvalue weighted by molar-refractivity contribution is 0.155. The van der Waals surface area contributed by atoms with Gasteiger partial charge < -0.3 is 9.64 Å². The van der Waals surface area contributed by atoms with E-state index in [4.69, 9.17) is 16.3 Å². The van der Waals surface area contributed by atoms with Crippen LogP contribution in [0.4, 0.5) is 4.79 Å². The molecule has 33 heavy (non-hydrogen) atoms. The highest BCUT2D eigenvalue weighted by Crippen LogP contribution is 2.24. The summed E-state index contributed by atoms with van der Waals surface area (Å²) in [7, 11) is 0. The van der Waals surface area contributed by atoms with E-state index >= 15 is 0 Å². The molecule has 4 rings (SSSR count). The van der Waals surface area contributed by atoms with Crippen molar-refractivity contribution in [2.75, 3.05) is 26.2 Å². The molecule has 3 aromatic carbocycles. The highest BCUT2D eigenvalue weighted by molar-refractivity contribution is 6.30. The van der Waals surface area contributed by atoms with E-state index < -0.39 is 0 Å². The molecule has 0 unspecified atom stereocenters. The molecule has 3 aromatic rings. The number of likely N-dealkylation sites (N-methyl/N-ethyl adjacent to an activating group) is 1. The molecule has 1 amide bonds. The van der Waals surface area contributed by atoms with Crippen LogP contribution in [0.1, 0.15) is 30.9 Å². The third kappa shape index (κ3) is 6.59. The molecule has 1 heterocycles. The van der Waals surface area contributed by atoms with E-state index in [2.05, 4.69) is 29.2 Å². The fourth-order valence-electron chi connectivity index (χ4n) is 4.18. The monoisotopic (exact) mass is 462 g/mol. The Morgan fingerprint density at radius 1 is 0.879 bits per heavy atom. The molecule has 0 atom stereocenters. The molecule has 1 aliphatic rings. The van der Waals surface area contributed by atoms with Crippen LogP contribution in [0.25, 0.3) is 11.1 Å². The van der Waals surface area contributed by atoms with Crippen molar-refractivity contribution in [2.24, 2.45) is 0 Å². The normalized spacial score (nSPS) is 13.8. The summed E-state index contributed by atoms with van der Waals surface area (Å²) in [5.74, 6) is 0.544. The second-order valence-electron chi connectivity index (χ2n) is 8.53. The number of carbonyl (C=O) groups is 1. The second kappa shape index (κ2) is 11.4. The van der Waals surface area contributed by atoms with Gasteiger partial charge in [0.1, 0.15) is 5.75 Å². The summed E-state index contributed by atoms with van der Waals surface area (Å²) in [4.78, 5) is 16.9. The van der Waals surface area contributed by atoms with Gasteiger partial charge in [0.15, 0.2) is 0 Å². The van der Waals surface area contributed by atoms with Crippen LogP contribution >= 0.6 is 11.6 Å². The van der Waals surface area contributed by atoms with E-state index in [1.165, 1.54) is 37.1 Å². The third-order valence-corrected chi connectivity index (χ3v) is 6.43. The SMILES string of the molecule is CCN(CCc1ccc(CN2CCCC2)cc1)C(=O)Oc1ccc(-c2ccc(Cl)cc2)cc1. The van der Waals surface area contributed by atoms with Crippen LogP contribution in [0.5, 0.6) is 5.75 Å². The van der Waals surface area contributed by atoms with E-state index in [-0.39, 0.29) is 6.09 Å². The average Bonchev–Trinajstić information content (AvgIpc) is 3.35. The third-order valence-electron chi connectivity index (χ3n) is 6.18. The fraction of sp³-hybridized carbons (Fsp3) is 0.321. The Morgan fingerprint density at radius 3 is 2.06 bits per heavy atom. The van der Waals surface area contributed by atoms with Gasteiger partial charge in [-0.25, -0.2) is 4.79 Å². The number of hydrogen-bond acceptors (Lipinski definition) is 3. The van der Waals surface area contributed by atoms with Crippen LogP contribution in [0.15, 0.2) is 72.8 Å². The van der Waals surface area contributed by atoms with Gasteiger partial charge in [0, 0.05) is 24.7 Å². The largest absolute Gasteiger partial charge is 0.415 e. The quantitative estimate of drug-likeness (QED) is 0.375. The summed E-state index contributed by atoms with van der Waals surface area (Å²) in [6, 6.07) is 24.0. The van der Waals surface area contributed by atoms with Gasteiger partial charge >= 0.3 is 6.09 Å². The maximum Gasteiger partial charge on any atom is 0.415 e. The molecule has 1 fully saturated rings. The zero-order chi connectivity index (χ0) is 23.0. The molecule has 0 radical (unpaired) electrons. The second-order valence-corrected chi connectivity index (χ2v) is 8.97. The first-order valence-corrected chi connectivity index (χ1v) is 12.1. The van der Waals surface area contributed by atoms with Crippen molar-refractivity contribution in [3.05, 3.63) is 88.9 Å². The number of benzene rings is 3. The molecule has 0 spiro atoms. The molecule has 1 saturated heterocycles. The van der Waals surface area contributed by atoms with Crippen molar-refractivity contribution >= 4 is 17.7 Å². The topological polar surface area (TPSA) is 32.8 Å². The zero-order valence-electron chi connectivity index (χ0n) is 19.2. The molecule has 0 aromatic heterocycles. The standard InChI is InChI=1S/C28H31ClN2O2/c1-2-31(20-17-22-5-7-23(8-6-22)21-30-18-3-4-19-30)28(32)33-27-15-11-25(12-16-27)24-9-13-26(29)14-10-24/h5-16H,2-4,17-21H2,1H3. The molecular formula is C28H31ClN2O2. The number of ether oxygens (including phenoxy) is 1. The summed E-state index contributed by atoms with van der Waals surface area (Å²) < 4.78 is 5.62. The van der Waals surface area contributed by atoms with Crippen molar-refractivity contribution in [1.29, 1.82) is 0 Å². The van der Waals surface area contributed by atoms with Gasteiger partial charge in [0.2, 0.25) is 0 Å². The fourth-order valence-corrected chi connectivity index (χ4v) is 4.30. The van der Waals surface area contributed by atoms with Gasteiger partial charge in [-0.15, -0.1) is 0 Å². The number of halogens is 1. The number of amides is 1. The molecule has 0 bridgehead atoms. The van der Waals surface area contributed by atoms with Crippen LogP contribution < -0.4 is 4.74 Å². The smallest absolute Gasteiger partial charge is 0.410 e. The number of carbonyl (C=O) groups excluding carboxylic acids is 1. The predicted octanol–water partition coefficient (Wildman–Crippen LogP) is 6.67. The maximum atomic E-state index is 12.7. The highest BCUT2D eigenvalue weighted by Gasteiger charge is 2.15. The van der Waals surface area contributed by atoms with Crippen molar-refractivity contribution in [1.82, 2.24) is 9.80 Å².